The summed E-state index contributed by atoms with van der Waals surface area (Å²) in [5.41, 5.74) is 12.0. The fourth-order valence-corrected chi connectivity index (χ4v) is 3.29. The van der Waals surface area contributed by atoms with Crippen molar-refractivity contribution in [1.82, 2.24) is 9.97 Å². The van der Waals surface area contributed by atoms with E-state index in [1.54, 1.807) is 24.5 Å². The van der Waals surface area contributed by atoms with Crippen molar-refractivity contribution >= 4 is 23.1 Å². The van der Waals surface area contributed by atoms with Crippen molar-refractivity contribution in [2.75, 3.05) is 6.61 Å². The average Bonchev–Trinajstić information content (AvgIpc) is 2.83. The largest absolute Gasteiger partial charge is 0.482 e. The number of nitrogens with zero attached hydrogens (tertiary/aromatic N) is 3. The second kappa shape index (κ2) is 7.31. The zero-order valence-electron chi connectivity index (χ0n) is 13.0. The molecule has 0 aromatic carbocycles. The Morgan fingerprint density at radius 1 is 1.50 bits per heavy atom. The Hall–Kier alpha value is -2.02. The third-order valence-electron chi connectivity index (χ3n) is 3.29. The van der Waals surface area contributed by atoms with Crippen LogP contribution in [0.1, 0.15) is 35.8 Å². The minimum atomic E-state index is -0.252. The summed E-state index contributed by atoms with van der Waals surface area (Å²) in [5, 5.41) is 0. The Labute approximate surface area is 134 Å². The Morgan fingerprint density at radius 3 is 2.91 bits per heavy atom. The maximum absolute atomic E-state index is 10.8. The smallest absolute Gasteiger partial charge is 0.302 e. The van der Waals surface area contributed by atoms with E-state index in [1.165, 1.54) is 17.5 Å². The first-order chi connectivity index (χ1) is 10.5. The molecule has 7 heteroatoms. The standard InChI is InChI=1S/C15H20N4O2S/c1-4-13-14(5-6-21-11(3)20)22-9-19(13)8-12-7-17-10(2)18-15(12)16/h7,9H,4-6,8H2,1-3H3,(H-,16,17,18). The minimum absolute atomic E-state index is 0.252. The molecule has 2 aromatic heterocycles. The van der Waals surface area contributed by atoms with Gasteiger partial charge in [-0.25, -0.2) is 0 Å². The highest BCUT2D eigenvalue weighted by Crippen LogP contribution is 2.17. The van der Waals surface area contributed by atoms with Crippen LogP contribution < -0.4 is 4.57 Å². The molecule has 2 rings (SSSR count). The van der Waals surface area contributed by atoms with Gasteiger partial charge < -0.3 is 15.5 Å². The van der Waals surface area contributed by atoms with E-state index in [-0.39, 0.29) is 11.8 Å². The van der Waals surface area contributed by atoms with E-state index in [2.05, 4.69) is 21.5 Å². The average molecular weight is 320 g/mol. The Kier molecular flexibility index (Phi) is 5.43. The fourth-order valence-electron chi connectivity index (χ4n) is 2.24. The zero-order chi connectivity index (χ0) is 16.1. The van der Waals surface area contributed by atoms with E-state index in [1.807, 2.05) is 5.51 Å². The molecule has 1 N–H and O–H groups in total. The summed E-state index contributed by atoms with van der Waals surface area (Å²) in [5.74, 6) is 0.634. The van der Waals surface area contributed by atoms with Crippen LogP contribution >= 0.6 is 11.3 Å². The van der Waals surface area contributed by atoms with Crippen LogP contribution in [0.4, 0.5) is 5.82 Å². The highest BCUT2D eigenvalue weighted by atomic mass is 32.1. The molecular formula is C15H20N4O2S. The van der Waals surface area contributed by atoms with Crippen LogP contribution in [-0.4, -0.2) is 22.5 Å². The van der Waals surface area contributed by atoms with E-state index in [0.717, 1.165) is 18.4 Å². The Bertz CT molecular complexity index is 670. The summed E-state index contributed by atoms with van der Waals surface area (Å²) in [6.07, 6.45) is 3.32. The van der Waals surface area contributed by atoms with Crippen LogP contribution in [0.2, 0.25) is 0 Å². The molecule has 0 fully saturated rings. The van der Waals surface area contributed by atoms with Crippen LogP contribution in [0.3, 0.4) is 0 Å². The maximum atomic E-state index is 10.8. The molecule has 2 heterocycles. The topological polar surface area (TPSA) is 79.8 Å². The molecule has 2 aromatic rings. The van der Waals surface area contributed by atoms with Gasteiger partial charge in [-0.1, -0.05) is 24.1 Å². The second-order valence-corrected chi connectivity index (χ2v) is 5.90. The number of carbonyl (C=O) groups is 1. The van der Waals surface area contributed by atoms with Crippen molar-refractivity contribution in [2.45, 2.75) is 40.2 Å². The predicted molar refractivity (Wildman–Crippen MR) is 84.1 cm³/mol. The van der Waals surface area contributed by atoms with Crippen molar-refractivity contribution in [2.24, 2.45) is 0 Å². The molecule has 118 valence electrons. The first-order valence-corrected chi connectivity index (χ1v) is 8.05. The number of hydrogen-bond donors (Lipinski definition) is 0. The normalized spacial score (nSPS) is 10.7. The van der Waals surface area contributed by atoms with Crippen molar-refractivity contribution in [1.29, 1.82) is 0 Å². The van der Waals surface area contributed by atoms with Gasteiger partial charge in [0.15, 0.2) is 12.2 Å². The van der Waals surface area contributed by atoms with Crippen molar-refractivity contribution in [3.05, 3.63) is 39.4 Å². The van der Waals surface area contributed by atoms with E-state index in [4.69, 9.17) is 10.5 Å². The van der Waals surface area contributed by atoms with Crippen molar-refractivity contribution < 1.29 is 14.1 Å². The lowest BCUT2D eigenvalue weighted by Gasteiger charge is -2.10. The summed E-state index contributed by atoms with van der Waals surface area (Å²) in [6, 6.07) is 0. The first kappa shape index (κ1) is 16.4. The van der Waals surface area contributed by atoms with Crippen molar-refractivity contribution in [3.8, 4) is 0 Å². The van der Waals surface area contributed by atoms with Crippen LogP contribution in [0.25, 0.3) is 5.73 Å². The number of aryl methyl sites for hydroxylation is 1. The molecule has 0 saturated carbocycles. The monoisotopic (exact) mass is 320 g/mol. The molecule has 0 radical (unpaired) electrons. The molecule has 0 unspecified atom stereocenters. The zero-order valence-corrected chi connectivity index (χ0v) is 13.9. The fraction of sp³-hybridized carbons (Fsp3) is 0.467. The quantitative estimate of drug-likeness (QED) is 0.605. The van der Waals surface area contributed by atoms with Gasteiger partial charge in [0.25, 0.3) is 0 Å². The third-order valence-corrected chi connectivity index (χ3v) is 4.37. The van der Waals surface area contributed by atoms with Gasteiger partial charge in [0.1, 0.15) is 0 Å². The predicted octanol–water partition coefficient (Wildman–Crippen LogP) is 2.53. The lowest BCUT2D eigenvalue weighted by Crippen LogP contribution is -2.36. The van der Waals surface area contributed by atoms with Crippen LogP contribution in [0.15, 0.2) is 11.7 Å². The van der Waals surface area contributed by atoms with Gasteiger partial charge in [0.05, 0.1) is 11.5 Å². The minimum Gasteiger partial charge on any atom is -0.482 e. The van der Waals surface area contributed by atoms with Crippen LogP contribution in [-0.2, 0) is 28.9 Å². The maximum Gasteiger partial charge on any atom is 0.302 e. The summed E-state index contributed by atoms with van der Waals surface area (Å²) >= 11 is 1.65. The molecule has 0 aliphatic heterocycles. The summed E-state index contributed by atoms with van der Waals surface area (Å²) in [7, 11) is 0. The number of ether oxygens (including phenoxy) is 1. The van der Waals surface area contributed by atoms with Gasteiger partial charge in [-0.05, 0) is 6.92 Å². The van der Waals surface area contributed by atoms with Gasteiger partial charge in [0.2, 0.25) is 5.51 Å². The highest BCUT2D eigenvalue weighted by Gasteiger charge is 2.18. The van der Waals surface area contributed by atoms with Crippen molar-refractivity contribution in [3.63, 3.8) is 0 Å². The Balaban J connectivity index is 2.14. The molecular weight excluding hydrogens is 300 g/mol. The number of esters is 1. The van der Waals surface area contributed by atoms with Gasteiger partial charge in [-0.15, -0.1) is 0 Å². The van der Waals surface area contributed by atoms with E-state index >= 15 is 0 Å². The van der Waals surface area contributed by atoms with Gasteiger partial charge in [-0.3, -0.25) is 9.78 Å². The molecule has 6 nitrogen and oxygen atoms in total. The lowest BCUT2D eigenvalue weighted by molar-refractivity contribution is -0.690. The Morgan fingerprint density at radius 2 is 2.27 bits per heavy atom. The number of aromatic nitrogens is 3. The number of carbonyl (C=O) groups excluding carboxylic acids is 1. The van der Waals surface area contributed by atoms with Crippen LogP contribution in [0.5, 0.6) is 0 Å². The second-order valence-electron chi connectivity index (χ2n) is 4.96. The first-order valence-electron chi connectivity index (χ1n) is 7.17. The molecule has 0 saturated heterocycles. The molecule has 22 heavy (non-hydrogen) atoms. The number of nitrogens with one attached hydrogen (secondary N) is 1. The summed E-state index contributed by atoms with van der Waals surface area (Å²) in [6.45, 7) is 6.29. The van der Waals surface area contributed by atoms with Crippen LogP contribution in [0, 0.1) is 6.92 Å². The van der Waals surface area contributed by atoms with E-state index < -0.39 is 0 Å². The van der Waals surface area contributed by atoms with E-state index in [0.29, 0.717) is 19.0 Å². The lowest BCUT2D eigenvalue weighted by atomic mass is 10.2. The number of rotatable bonds is 6. The molecule has 0 bridgehead atoms. The summed E-state index contributed by atoms with van der Waals surface area (Å²) < 4.78 is 7.14. The van der Waals surface area contributed by atoms with E-state index in [9.17, 15) is 4.79 Å². The summed E-state index contributed by atoms with van der Waals surface area (Å²) in [4.78, 5) is 20.3. The molecule has 0 aliphatic rings. The third kappa shape index (κ3) is 4.00. The number of hydrogen-bond acceptors (Lipinski definition) is 5. The van der Waals surface area contributed by atoms with Gasteiger partial charge >= 0.3 is 5.97 Å². The molecule has 0 spiro atoms. The van der Waals surface area contributed by atoms with Gasteiger partial charge in [-0.2, -0.15) is 4.57 Å². The SMILES string of the molecule is CCc1c(CCOC(C)=O)sc[n+]1Cc1cnc(C)nc1[NH-]. The number of thiazole rings is 1. The molecule has 0 aliphatic carbocycles. The molecule has 0 atom stereocenters. The van der Waals surface area contributed by atoms with Gasteiger partial charge in [0, 0.05) is 37.4 Å². The highest BCUT2D eigenvalue weighted by molar-refractivity contribution is 7.09. The molecule has 0 amide bonds.